The zero-order valence-electron chi connectivity index (χ0n) is 22.3. The Hall–Kier alpha value is -1.66. The van der Waals surface area contributed by atoms with Crippen LogP contribution in [0.15, 0.2) is 41.3 Å². The molecule has 4 rings (SSSR count). The first-order valence-corrected chi connectivity index (χ1v) is 15.4. The van der Waals surface area contributed by atoms with E-state index in [1.54, 1.807) is 8.93 Å². The van der Waals surface area contributed by atoms with E-state index in [9.17, 15) is 0 Å². The molecule has 0 spiro atoms. The fourth-order valence-electron chi connectivity index (χ4n) is 5.58. The van der Waals surface area contributed by atoms with Crippen LogP contribution in [0.2, 0.25) is 0 Å². The quantitative estimate of drug-likeness (QED) is 0.283. The number of benzene rings is 3. The molecule has 1 saturated heterocycles. The van der Waals surface area contributed by atoms with Crippen LogP contribution in [-0.2, 0) is 0 Å². The molecule has 1 fully saturated rings. The van der Waals surface area contributed by atoms with Gasteiger partial charge in [0.1, 0.15) is 0 Å². The van der Waals surface area contributed by atoms with Gasteiger partial charge in [-0.2, -0.15) is 0 Å². The molecule has 3 aromatic rings. The van der Waals surface area contributed by atoms with Crippen molar-refractivity contribution in [2.45, 2.75) is 67.2 Å². The molecule has 0 bridgehead atoms. The molecular weight excluding hydrogens is 547 g/mol. The molecule has 0 aliphatic carbocycles. The third-order valence-electron chi connectivity index (χ3n) is 6.57. The van der Waals surface area contributed by atoms with Crippen LogP contribution in [0.4, 0.5) is 11.4 Å². The van der Waals surface area contributed by atoms with Gasteiger partial charge in [-0.15, -0.1) is 0 Å². The summed E-state index contributed by atoms with van der Waals surface area (Å²) in [4.78, 5) is 6.47. The zero-order chi connectivity index (χ0) is 25.2. The second-order valence-corrected chi connectivity index (χ2v) is 11.9. The first-order valence-electron chi connectivity index (χ1n) is 12.0. The molecule has 0 N–H and O–H groups in total. The second kappa shape index (κ2) is 11.4. The lowest BCUT2D eigenvalue weighted by Gasteiger charge is -2.26. The number of halogens is 1. The van der Waals surface area contributed by atoms with Gasteiger partial charge in [0.05, 0.1) is 6.67 Å². The van der Waals surface area contributed by atoms with E-state index < -0.39 is 0 Å². The van der Waals surface area contributed by atoms with Crippen molar-refractivity contribution >= 4 is 41.5 Å². The van der Waals surface area contributed by atoms with Gasteiger partial charge in [-0.1, -0.05) is 62.0 Å². The summed E-state index contributed by atoms with van der Waals surface area (Å²) in [6.07, 6.45) is 0. The second-order valence-electron chi connectivity index (χ2n) is 9.97. The van der Waals surface area contributed by atoms with Crippen LogP contribution in [0, 0.1) is 62.3 Å². The monoisotopic (exact) mass is 586 g/mol. The number of aryl methyl sites for hydroxylation is 9. The normalized spacial score (nSPS) is 13.2. The summed E-state index contributed by atoms with van der Waals surface area (Å²) in [5.41, 5.74) is 15.2. The summed E-state index contributed by atoms with van der Waals surface area (Å²) in [5, 5.41) is 0. The van der Waals surface area contributed by atoms with Crippen LogP contribution in [-0.4, -0.2) is 19.8 Å². The first-order chi connectivity index (χ1) is 16.0. The van der Waals surface area contributed by atoms with Gasteiger partial charge in [-0.05, 0) is 95.7 Å². The highest BCUT2D eigenvalue weighted by molar-refractivity contribution is 14.2. The molecule has 182 valence electrons. The minimum absolute atomic E-state index is 0.982. The van der Waals surface area contributed by atoms with Gasteiger partial charge in [0.25, 0.3) is 0 Å². The molecule has 3 aromatic carbocycles. The van der Waals surface area contributed by atoms with Crippen LogP contribution in [0.3, 0.4) is 0 Å². The summed E-state index contributed by atoms with van der Waals surface area (Å²) in [5.74, 6) is 0. The van der Waals surface area contributed by atoms with E-state index in [1.165, 1.54) is 66.3 Å². The minimum Gasteiger partial charge on any atom is -0.352 e. The predicted octanol–water partition coefficient (Wildman–Crippen LogP) is 8.88. The average Bonchev–Trinajstić information content (AvgIpc) is 3.15. The molecule has 0 atom stereocenters. The minimum atomic E-state index is 0.982. The third-order valence-corrected chi connectivity index (χ3v) is 8.69. The van der Waals surface area contributed by atoms with E-state index in [4.69, 9.17) is 0 Å². The Bertz CT molecular complexity index is 1050. The van der Waals surface area contributed by atoms with Gasteiger partial charge in [0.2, 0.25) is 0 Å². The van der Waals surface area contributed by atoms with E-state index >= 15 is 0 Å². The van der Waals surface area contributed by atoms with Gasteiger partial charge in [-0.3, -0.25) is 0 Å². The molecule has 0 saturated carbocycles. The highest BCUT2D eigenvalue weighted by atomic mass is 127. The van der Waals surface area contributed by atoms with Gasteiger partial charge in [0, 0.05) is 50.6 Å². The molecule has 0 aromatic heterocycles. The number of anilines is 2. The van der Waals surface area contributed by atoms with E-state index in [0.717, 1.165) is 19.8 Å². The highest BCUT2D eigenvalue weighted by Gasteiger charge is 2.25. The van der Waals surface area contributed by atoms with Crippen LogP contribution < -0.4 is 9.80 Å². The molecule has 34 heavy (non-hydrogen) atoms. The van der Waals surface area contributed by atoms with Crippen molar-refractivity contribution < 1.29 is 0 Å². The Morgan fingerprint density at radius 1 is 0.529 bits per heavy atom. The van der Waals surface area contributed by atoms with Crippen LogP contribution >= 0.6 is 30.1 Å². The maximum atomic E-state index is 2.53. The van der Waals surface area contributed by atoms with Crippen molar-refractivity contribution in [1.82, 2.24) is 0 Å². The molecule has 0 radical (unpaired) electrons. The lowest BCUT2D eigenvalue weighted by Crippen LogP contribution is -2.27. The molecule has 0 amide bonds. The Kier molecular flexibility index (Phi) is 9.02. The van der Waals surface area contributed by atoms with Crippen molar-refractivity contribution in [3.8, 4) is 0 Å². The lowest BCUT2D eigenvalue weighted by atomic mass is 10.0. The summed E-state index contributed by atoms with van der Waals surface area (Å²) in [7, 11) is 1.80. The average molecular weight is 587 g/mol. The smallest absolute Gasteiger partial charge is 0.0904 e. The Labute approximate surface area is 223 Å². The molecule has 4 heteroatoms. The SMILES string of the molecule is Cc1cc(C)c(N2CCN(c3c(C)cc(C)cc3C)C2)c(C)c1.Cc1cc(C)c(SI)c(C)c1. The Morgan fingerprint density at radius 2 is 0.824 bits per heavy atom. The lowest BCUT2D eigenvalue weighted by molar-refractivity contribution is 0.930. The number of nitrogens with zero attached hydrogens (tertiary/aromatic N) is 2. The van der Waals surface area contributed by atoms with E-state index in [0.29, 0.717) is 0 Å². The number of hydrogen-bond donors (Lipinski definition) is 0. The summed E-state index contributed by atoms with van der Waals surface area (Å²) < 4.78 is 0. The van der Waals surface area contributed by atoms with Gasteiger partial charge < -0.3 is 9.80 Å². The van der Waals surface area contributed by atoms with Crippen LogP contribution in [0.1, 0.15) is 50.1 Å². The van der Waals surface area contributed by atoms with Crippen molar-refractivity contribution in [3.05, 3.63) is 86.5 Å². The summed E-state index contributed by atoms with van der Waals surface area (Å²) in [6, 6.07) is 13.7. The van der Waals surface area contributed by atoms with E-state index in [-0.39, 0.29) is 0 Å². The van der Waals surface area contributed by atoms with Crippen LogP contribution in [0.5, 0.6) is 0 Å². The number of hydrogen-bond acceptors (Lipinski definition) is 3. The van der Waals surface area contributed by atoms with Crippen molar-refractivity contribution in [2.75, 3.05) is 29.6 Å². The molecule has 2 nitrogen and oxygen atoms in total. The largest absolute Gasteiger partial charge is 0.352 e. The van der Waals surface area contributed by atoms with E-state index in [1.807, 2.05) is 0 Å². The fraction of sp³-hybridized carbons (Fsp3) is 0.400. The third kappa shape index (κ3) is 6.12. The highest BCUT2D eigenvalue weighted by Crippen LogP contribution is 2.33. The molecular formula is C30H39IN2S. The van der Waals surface area contributed by atoms with Crippen molar-refractivity contribution in [2.24, 2.45) is 0 Å². The first kappa shape index (κ1) is 26.9. The summed E-state index contributed by atoms with van der Waals surface area (Å²) in [6.45, 7) is 23.0. The topological polar surface area (TPSA) is 6.48 Å². The molecule has 0 unspecified atom stereocenters. The Balaban J connectivity index is 0.000000248. The van der Waals surface area contributed by atoms with Gasteiger partial charge >= 0.3 is 0 Å². The molecule has 1 aliphatic rings. The maximum absolute atomic E-state index is 2.53. The Morgan fingerprint density at radius 3 is 1.12 bits per heavy atom. The van der Waals surface area contributed by atoms with Crippen LogP contribution in [0.25, 0.3) is 0 Å². The van der Waals surface area contributed by atoms with Gasteiger partial charge in [0.15, 0.2) is 0 Å². The maximum Gasteiger partial charge on any atom is 0.0904 e. The zero-order valence-corrected chi connectivity index (χ0v) is 25.2. The van der Waals surface area contributed by atoms with Gasteiger partial charge in [-0.25, -0.2) is 0 Å². The fourth-order valence-corrected chi connectivity index (χ4v) is 8.03. The van der Waals surface area contributed by atoms with E-state index in [2.05, 4.69) is 130 Å². The molecule has 1 heterocycles. The predicted molar refractivity (Wildman–Crippen MR) is 161 cm³/mol. The summed E-state index contributed by atoms with van der Waals surface area (Å²) >= 11 is 2.33. The van der Waals surface area contributed by atoms with Crippen molar-refractivity contribution in [1.29, 1.82) is 0 Å². The van der Waals surface area contributed by atoms with Crippen molar-refractivity contribution in [3.63, 3.8) is 0 Å². The standard InChI is InChI=1S/C21H28N2.C9H11IS/c1-14-9-16(3)20(17(4)10-14)22-7-8-23(13-22)21-18(5)11-15(2)12-19(21)6;1-6-4-7(2)9(11-10)8(3)5-6/h9-12H,7-8,13H2,1-6H3;4-5H,1-3H3. The molecule has 1 aliphatic heterocycles. The number of rotatable bonds is 3.